The molecule has 1 aromatic rings. The average Bonchev–Trinajstić information content (AvgIpc) is 2.47. The number of methoxy groups -OCH3 is 1. The number of ketones is 1. The van der Waals surface area contributed by atoms with Crippen LogP contribution in [0.1, 0.15) is 38.1 Å². The van der Waals surface area contributed by atoms with E-state index in [0.29, 0.717) is 0 Å². The van der Waals surface area contributed by atoms with Crippen molar-refractivity contribution >= 4 is 17.4 Å². The monoisotopic (exact) mass is 281 g/mol. The molecule has 0 atom stereocenters. The Hall–Kier alpha value is -2.24. The van der Waals surface area contributed by atoms with Gasteiger partial charge in [0.25, 0.3) is 5.69 Å². The number of nitro groups is 1. The molecule has 0 heterocycles. The van der Waals surface area contributed by atoms with Gasteiger partial charge in [0.2, 0.25) is 0 Å². The smallest absolute Gasteiger partial charge is 0.319 e. The van der Waals surface area contributed by atoms with Gasteiger partial charge in [-0.1, -0.05) is 26.0 Å². The number of hydrogen-bond acceptors (Lipinski definition) is 5. The lowest BCUT2D eigenvalue weighted by atomic mass is 9.84. The molecule has 0 saturated heterocycles. The number of nitrogens with zero attached hydrogens (tertiary/aromatic N) is 1. The minimum atomic E-state index is -1.37. The summed E-state index contributed by atoms with van der Waals surface area (Å²) in [7, 11) is 1.19. The third kappa shape index (κ3) is 3.88. The topological polar surface area (TPSA) is 86.5 Å². The van der Waals surface area contributed by atoms with Crippen molar-refractivity contribution in [3.05, 3.63) is 39.9 Å². The Morgan fingerprint density at radius 2 is 1.80 bits per heavy atom. The lowest BCUT2D eigenvalue weighted by Crippen LogP contribution is -2.34. The largest absolute Gasteiger partial charge is 0.468 e. The molecule has 0 radical (unpaired) electrons. The van der Waals surface area contributed by atoms with Crippen molar-refractivity contribution in [1.82, 2.24) is 0 Å². The molecule has 1 rings (SSSR count). The summed E-state index contributed by atoms with van der Waals surface area (Å²) in [6.45, 7) is 6.83. The highest BCUT2D eigenvalue weighted by atomic mass is 16.6. The molecule has 0 aromatic heterocycles. The summed E-state index contributed by atoms with van der Waals surface area (Å²) in [6.07, 6.45) is 0. The molecule has 0 spiro atoms. The number of hydrogen-bond donors (Lipinski definition) is 0. The summed E-state index contributed by atoms with van der Waals surface area (Å²) in [5.41, 5.74) is -1.45. The van der Waals surface area contributed by atoms with Crippen molar-refractivity contribution in [3.63, 3.8) is 0 Å². The third-order valence-corrected chi connectivity index (χ3v) is 2.58. The lowest BCUT2D eigenvalue weighted by Gasteiger charge is -2.19. The van der Waals surface area contributed by atoms with Gasteiger partial charge in [0.15, 0.2) is 5.78 Å². The van der Waals surface area contributed by atoms with Crippen LogP contribution in [0.3, 0.4) is 0 Å². The van der Waals surface area contributed by atoms with E-state index in [9.17, 15) is 19.7 Å². The van der Waals surface area contributed by atoms with E-state index in [2.05, 4.69) is 4.74 Å². The first kappa shape index (κ1) is 17.8. The summed E-state index contributed by atoms with van der Waals surface area (Å²) >= 11 is 0. The molecule has 0 aliphatic carbocycles. The maximum Gasteiger partial charge on any atom is 0.319 e. The normalized spacial score (nSPS) is 10.1. The summed E-state index contributed by atoms with van der Waals surface area (Å²) < 4.78 is 4.54. The van der Waals surface area contributed by atoms with Gasteiger partial charge < -0.3 is 4.74 Å². The molecule has 1 aromatic carbocycles. The Kier molecular flexibility index (Phi) is 6.55. The first-order valence-corrected chi connectivity index (χ1v) is 6.18. The van der Waals surface area contributed by atoms with Gasteiger partial charge in [-0.15, -0.1) is 0 Å². The van der Waals surface area contributed by atoms with Crippen LogP contribution in [0.25, 0.3) is 0 Å². The molecule has 20 heavy (non-hydrogen) atoms. The Morgan fingerprint density at radius 3 is 2.25 bits per heavy atom. The van der Waals surface area contributed by atoms with E-state index in [1.165, 1.54) is 39.2 Å². The number of ether oxygens (including phenoxy) is 1. The highest BCUT2D eigenvalue weighted by Gasteiger charge is 2.38. The van der Waals surface area contributed by atoms with Crippen molar-refractivity contribution in [2.45, 2.75) is 27.7 Å². The van der Waals surface area contributed by atoms with Gasteiger partial charge in [-0.25, -0.2) is 0 Å². The third-order valence-electron chi connectivity index (χ3n) is 2.58. The van der Waals surface area contributed by atoms with Gasteiger partial charge in [-0.3, -0.25) is 19.7 Å². The Balaban J connectivity index is 0.00000172. The van der Waals surface area contributed by atoms with Crippen LogP contribution in [-0.2, 0) is 9.53 Å². The van der Waals surface area contributed by atoms with Crippen molar-refractivity contribution in [3.8, 4) is 0 Å². The van der Waals surface area contributed by atoms with Crippen LogP contribution in [0.5, 0.6) is 0 Å². The van der Waals surface area contributed by atoms with E-state index in [-0.39, 0.29) is 11.3 Å². The molecule has 0 aliphatic rings. The number of Topliss-reactive ketones (excluding diaryl/α,β-unsaturated/α-hetero) is 1. The fourth-order valence-electron chi connectivity index (χ4n) is 1.47. The van der Waals surface area contributed by atoms with Crippen LogP contribution >= 0.6 is 0 Å². The van der Waals surface area contributed by atoms with Crippen LogP contribution in [0.2, 0.25) is 0 Å². The summed E-state index contributed by atoms with van der Waals surface area (Å²) in [5.74, 6) is -1.20. The Morgan fingerprint density at radius 1 is 1.25 bits per heavy atom. The summed E-state index contributed by atoms with van der Waals surface area (Å²) in [4.78, 5) is 33.6. The number of carbonyl (C=O) groups excluding carboxylic acids is 2. The predicted octanol–water partition coefficient (Wildman–Crippen LogP) is 3.00. The second-order valence-corrected chi connectivity index (χ2v) is 4.25. The molecule has 0 saturated carbocycles. The molecule has 6 nitrogen and oxygen atoms in total. The van der Waals surface area contributed by atoms with Crippen LogP contribution in [-0.4, -0.2) is 23.8 Å². The van der Waals surface area contributed by atoms with Crippen molar-refractivity contribution in [2.75, 3.05) is 7.11 Å². The molecule has 0 amide bonds. The van der Waals surface area contributed by atoms with E-state index < -0.39 is 22.1 Å². The minimum Gasteiger partial charge on any atom is -0.468 e. The van der Waals surface area contributed by atoms with Crippen LogP contribution in [0.15, 0.2) is 24.3 Å². The molecule has 0 unspecified atom stereocenters. The van der Waals surface area contributed by atoms with Gasteiger partial charge in [0.05, 0.1) is 12.0 Å². The van der Waals surface area contributed by atoms with Crippen molar-refractivity contribution in [2.24, 2.45) is 5.41 Å². The fraction of sp³-hybridized carbons (Fsp3) is 0.429. The maximum absolute atomic E-state index is 12.1. The fourth-order valence-corrected chi connectivity index (χ4v) is 1.47. The van der Waals surface area contributed by atoms with Gasteiger partial charge in [-0.05, 0) is 13.8 Å². The van der Waals surface area contributed by atoms with E-state index in [1.807, 2.05) is 13.8 Å². The van der Waals surface area contributed by atoms with Gasteiger partial charge >= 0.3 is 5.97 Å². The SMILES string of the molecule is CC.COC(=O)C(C)(C)C(=O)c1cccc([N+](=O)[O-])c1. The zero-order valence-electron chi connectivity index (χ0n) is 12.3. The van der Waals surface area contributed by atoms with Crippen molar-refractivity contribution in [1.29, 1.82) is 0 Å². The van der Waals surface area contributed by atoms with Crippen molar-refractivity contribution < 1.29 is 19.2 Å². The molecule has 110 valence electrons. The number of esters is 1. The Bertz CT molecular complexity index is 508. The first-order chi connectivity index (χ1) is 9.30. The number of carbonyl (C=O) groups is 2. The molecule has 0 fully saturated rings. The number of benzene rings is 1. The maximum atomic E-state index is 12.1. The molecule has 0 aliphatic heterocycles. The molecule has 6 heteroatoms. The molecule has 0 bridgehead atoms. The highest BCUT2D eigenvalue weighted by molar-refractivity contribution is 6.12. The van der Waals surface area contributed by atoms with E-state index in [1.54, 1.807) is 0 Å². The quantitative estimate of drug-likeness (QED) is 0.278. The van der Waals surface area contributed by atoms with Crippen LogP contribution < -0.4 is 0 Å². The number of rotatable bonds is 4. The molecule has 0 N–H and O–H groups in total. The average molecular weight is 281 g/mol. The van der Waals surface area contributed by atoms with Crippen LogP contribution in [0.4, 0.5) is 5.69 Å². The molecular formula is C14H19NO5. The van der Waals surface area contributed by atoms with E-state index >= 15 is 0 Å². The molecular weight excluding hydrogens is 262 g/mol. The highest BCUT2D eigenvalue weighted by Crippen LogP contribution is 2.25. The first-order valence-electron chi connectivity index (χ1n) is 6.18. The number of non-ortho nitro benzene ring substituents is 1. The Labute approximate surface area is 117 Å². The van der Waals surface area contributed by atoms with Gasteiger partial charge in [0, 0.05) is 17.7 Å². The van der Waals surface area contributed by atoms with E-state index in [4.69, 9.17) is 0 Å². The second kappa shape index (κ2) is 7.37. The van der Waals surface area contributed by atoms with E-state index in [0.717, 1.165) is 6.07 Å². The minimum absolute atomic E-state index is 0.111. The zero-order valence-corrected chi connectivity index (χ0v) is 12.3. The lowest BCUT2D eigenvalue weighted by molar-refractivity contribution is -0.384. The second-order valence-electron chi connectivity index (χ2n) is 4.25. The predicted molar refractivity (Wildman–Crippen MR) is 74.6 cm³/mol. The van der Waals surface area contributed by atoms with Crippen LogP contribution in [0, 0.1) is 15.5 Å². The summed E-state index contributed by atoms with van der Waals surface area (Å²) in [5, 5.41) is 10.6. The summed E-state index contributed by atoms with van der Waals surface area (Å²) in [6, 6.07) is 5.26. The van der Waals surface area contributed by atoms with Gasteiger partial charge in [0.1, 0.15) is 5.41 Å². The van der Waals surface area contributed by atoms with Gasteiger partial charge in [-0.2, -0.15) is 0 Å². The standard InChI is InChI=1S/C12H13NO5.C2H6/c1-12(2,11(15)18-3)10(14)8-5-4-6-9(7-8)13(16)17;1-2/h4-7H,1-3H3;1-2H3. The number of nitro benzene ring substituents is 1. The zero-order chi connectivity index (χ0) is 15.9.